The zero-order chi connectivity index (χ0) is 10.8. The molecule has 1 aromatic heterocycles. The van der Waals surface area contributed by atoms with Crippen molar-refractivity contribution in [3.05, 3.63) is 40.0 Å². The van der Waals surface area contributed by atoms with Crippen LogP contribution in [0.4, 0.5) is 0 Å². The average Bonchev–Trinajstić information content (AvgIpc) is 2.61. The third-order valence-corrected chi connectivity index (χ3v) is 3.04. The van der Waals surface area contributed by atoms with Crippen LogP contribution in [0.3, 0.4) is 0 Å². The molecule has 0 aliphatic rings. The lowest BCUT2D eigenvalue weighted by Crippen LogP contribution is -1.98. The minimum atomic E-state index is 0.748. The molecule has 0 bridgehead atoms. The average molecular weight is 286 g/mol. The van der Waals surface area contributed by atoms with Gasteiger partial charge in [0.25, 0.3) is 0 Å². The number of hydrogen-bond acceptors (Lipinski definition) is 1. The summed E-state index contributed by atoms with van der Waals surface area (Å²) in [5.41, 5.74) is 2.21. The first-order chi connectivity index (χ1) is 7.22. The highest BCUT2D eigenvalue weighted by atomic mass is 79.9. The predicted octanol–water partition coefficient (Wildman–Crippen LogP) is 3.99. The maximum Gasteiger partial charge on any atom is 0.0824 e. The quantitative estimate of drug-likeness (QED) is 0.816. The predicted molar refractivity (Wildman–Crippen MR) is 66.0 cm³/mol. The first kappa shape index (κ1) is 10.7. The van der Waals surface area contributed by atoms with Gasteiger partial charge in [-0.3, -0.25) is 4.68 Å². The maximum absolute atomic E-state index is 5.85. The summed E-state index contributed by atoms with van der Waals surface area (Å²) in [5, 5.41) is 5.02. The Morgan fingerprint density at radius 1 is 1.33 bits per heavy atom. The van der Waals surface area contributed by atoms with Gasteiger partial charge in [0.15, 0.2) is 0 Å². The summed E-state index contributed by atoms with van der Waals surface area (Å²) in [7, 11) is 0. The Bertz CT molecular complexity index is 462. The minimum Gasteiger partial charge on any atom is -0.264 e. The van der Waals surface area contributed by atoms with Gasteiger partial charge in [-0.05, 0) is 35.0 Å². The fraction of sp³-hybridized carbons (Fsp3) is 0.182. The maximum atomic E-state index is 5.85. The molecule has 0 N–H and O–H groups in total. The summed E-state index contributed by atoms with van der Waals surface area (Å²) in [4.78, 5) is 0. The summed E-state index contributed by atoms with van der Waals surface area (Å²) in [6.45, 7) is 2.92. The van der Waals surface area contributed by atoms with E-state index in [-0.39, 0.29) is 0 Å². The van der Waals surface area contributed by atoms with E-state index in [1.165, 1.54) is 0 Å². The summed E-state index contributed by atoms with van der Waals surface area (Å²) in [5.74, 6) is 0. The first-order valence-electron chi connectivity index (χ1n) is 4.69. The van der Waals surface area contributed by atoms with Crippen LogP contribution in [0.25, 0.3) is 11.3 Å². The van der Waals surface area contributed by atoms with Gasteiger partial charge in [-0.25, -0.2) is 0 Å². The topological polar surface area (TPSA) is 17.8 Å². The molecule has 0 fully saturated rings. The molecule has 2 nitrogen and oxygen atoms in total. The van der Waals surface area contributed by atoms with Crippen LogP contribution in [0, 0.1) is 0 Å². The largest absolute Gasteiger partial charge is 0.264 e. The summed E-state index contributed by atoms with van der Waals surface area (Å²) in [6.07, 6.45) is 1.81. The Kier molecular flexibility index (Phi) is 3.12. The summed E-state index contributed by atoms with van der Waals surface area (Å²) in [6, 6.07) is 7.76. The van der Waals surface area contributed by atoms with Gasteiger partial charge in [0.05, 0.1) is 16.4 Å². The molecule has 1 aromatic carbocycles. The van der Waals surface area contributed by atoms with Crippen LogP contribution in [-0.2, 0) is 6.54 Å². The van der Waals surface area contributed by atoms with Crippen molar-refractivity contribution in [1.29, 1.82) is 0 Å². The number of aromatic nitrogens is 2. The molecule has 1 heterocycles. The molecule has 0 saturated heterocycles. The molecular weight excluding hydrogens is 275 g/mol. The second-order valence-corrected chi connectivity index (χ2v) is 4.45. The van der Waals surface area contributed by atoms with E-state index in [1.54, 1.807) is 0 Å². The highest BCUT2D eigenvalue weighted by Gasteiger charge is 2.09. The van der Waals surface area contributed by atoms with Crippen molar-refractivity contribution in [2.75, 3.05) is 0 Å². The van der Waals surface area contributed by atoms with Crippen molar-refractivity contribution in [2.45, 2.75) is 13.5 Å². The minimum absolute atomic E-state index is 0.748. The van der Waals surface area contributed by atoms with E-state index in [1.807, 2.05) is 35.1 Å². The van der Waals surface area contributed by atoms with E-state index in [9.17, 15) is 0 Å². The highest BCUT2D eigenvalue weighted by molar-refractivity contribution is 9.10. The molecule has 0 atom stereocenters. The van der Waals surface area contributed by atoms with Crippen molar-refractivity contribution in [2.24, 2.45) is 0 Å². The van der Waals surface area contributed by atoms with Crippen LogP contribution < -0.4 is 0 Å². The summed E-state index contributed by atoms with van der Waals surface area (Å²) >= 11 is 9.35. The molecule has 78 valence electrons. The van der Waals surface area contributed by atoms with E-state index < -0.39 is 0 Å². The lowest BCUT2D eigenvalue weighted by molar-refractivity contribution is 0.667. The van der Waals surface area contributed by atoms with Crippen molar-refractivity contribution >= 4 is 27.5 Å². The van der Waals surface area contributed by atoms with Crippen molar-refractivity contribution in [1.82, 2.24) is 9.78 Å². The van der Waals surface area contributed by atoms with E-state index in [2.05, 4.69) is 28.0 Å². The van der Waals surface area contributed by atoms with Gasteiger partial charge in [0.2, 0.25) is 0 Å². The Hall–Kier alpha value is -0.800. The molecule has 0 saturated carbocycles. The van der Waals surface area contributed by atoms with Crippen molar-refractivity contribution in [3.63, 3.8) is 0 Å². The third kappa shape index (κ3) is 2.08. The number of nitrogens with zero attached hydrogens (tertiary/aromatic N) is 2. The highest BCUT2D eigenvalue weighted by Crippen LogP contribution is 2.28. The fourth-order valence-electron chi connectivity index (χ4n) is 1.50. The van der Waals surface area contributed by atoms with Crippen LogP contribution in [0.2, 0.25) is 5.02 Å². The monoisotopic (exact) mass is 284 g/mol. The first-order valence-corrected chi connectivity index (χ1v) is 5.86. The van der Waals surface area contributed by atoms with Gasteiger partial charge in [0.1, 0.15) is 0 Å². The fourth-order valence-corrected chi connectivity index (χ4v) is 2.15. The zero-order valence-electron chi connectivity index (χ0n) is 8.24. The molecule has 2 rings (SSSR count). The standard InChI is InChI=1S/C11H10BrClN2/c1-2-15-11(10(12)7-14-15)8-3-5-9(13)6-4-8/h3-7H,2H2,1H3. The van der Waals surface area contributed by atoms with E-state index in [0.717, 1.165) is 27.3 Å². The number of rotatable bonds is 2. The Morgan fingerprint density at radius 2 is 2.00 bits per heavy atom. The van der Waals surface area contributed by atoms with Crippen molar-refractivity contribution in [3.8, 4) is 11.3 Å². The van der Waals surface area contributed by atoms with Crippen LogP contribution in [0.5, 0.6) is 0 Å². The molecule has 0 aliphatic heterocycles. The third-order valence-electron chi connectivity index (χ3n) is 2.21. The molecule has 15 heavy (non-hydrogen) atoms. The van der Waals surface area contributed by atoms with Gasteiger partial charge in [0, 0.05) is 17.1 Å². The van der Waals surface area contributed by atoms with Crippen LogP contribution >= 0.6 is 27.5 Å². The van der Waals surface area contributed by atoms with Gasteiger partial charge in [-0.1, -0.05) is 23.7 Å². The Labute approximate surface area is 102 Å². The molecule has 0 unspecified atom stereocenters. The van der Waals surface area contributed by atoms with Gasteiger partial charge < -0.3 is 0 Å². The molecular formula is C11H10BrClN2. The lowest BCUT2D eigenvalue weighted by atomic mass is 10.1. The second-order valence-electron chi connectivity index (χ2n) is 3.16. The van der Waals surface area contributed by atoms with E-state index >= 15 is 0 Å². The van der Waals surface area contributed by atoms with Gasteiger partial charge in [-0.15, -0.1) is 0 Å². The van der Waals surface area contributed by atoms with Gasteiger partial charge >= 0.3 is 0 Å². The van der Waals surface area contributed by atoms with Crippen LogP contribution in [-0.4, -0.2) is 9.78 Å². The molecule has 4 heteroatoms. The lowest BCUT2D eigenvalue weighted by Gasteiger charge is -2.05. The normalized spacial score (nSPS) is 10.6. The summed E-state index contributed by atoms with van der Waals surface area (Å²) < 4.78 is 2.96. The molecule has 0 aliphatic carbocycles. The second kappa shape index (κ2) is 4.37. The van der Waals surface area contributed by atoms with Crippen LogP contribution in [0.15, 0.2) is 34.9 Å². The van der Waals surface area contributed by atoms with E-state index in [0.29, 0.717) is 0 Å². The van der Waals surface area contributed by atoms with Crippen LogP contribution in [0.1, 0.15) is 6.92 Å². The Morgan fingerprint density at radius 3 is 2.60 bits per heavy atom. The smallest absolute Gasteiger partial charge is 0.0824 e. The Balaban J connectivity index is 2.52. The number of hydrogen-bond donors (Lipinski definition) is 0. The molecule has 0 spiro atoms. The number of halogens is 2. The van der Waals surface area contributed by atoms with Gasteiger partial charge in [-0.2, -0.15) is 5.10 Å². The SMILES string of the molecule is CCn1ncc(Br)c1-c1ccc(Cl)cc1. The number of aryl methyl sites for hydroxylation is 1. The van der Waals surface area contributed by atoms with E-state index in [4.69, 9.17) is 11.6 Å². The zero-order valence-corrected chi connectivity index (χ0v) is 10.6. The molecule has 0 radical (unpaired) electrons. The van der Waals surface area contributed by atoms with Crippen molar-refractivity contribution < 1.29 is 0 Å². The molecule has 0 amide bonds. The number of benzene rings is 1. The molecule has 2 aromatic rings.